The number of amides is 2. The van der Waals surface area contributed by atoms with E-state index in [1.807, 2.05) is 0 Å². The van der Waals surface area contributed by atoms with Crippen LogP contribution in [0.2, 0.25) is 0 Å². The molecule has 0 bridgehead atoms. The number of alkyl halides is 3. The second kappa shape index (κ2) is 4.79. The molecular weight excluding hydrogens is 311 g/mol. The number of thioether (sulfide) groups is 1. The fraction of sp³-hybridized carbons (Fsp3) is 0.727. The molecule has 0 spiro atoms. The zero-order chi connectivity index (χ0) is 16.1. The number of rotatable bonds is 1. The van der Waals surface area contributed by atoms with Gasteiger partial charge in [0, 0.05) is 12.3 Å². The van der Waals surface area contributed by atoms with E-state index in [4.69, 9.17) is 4.74 Å². The summed E-state index contributed by atoms with van der Waals surface area (Å²) in [5, 5.41) is 1.56. The Hall–Kier alpha value is -1.45. The van der Waals surface area contributed by atoms with Crippen molar-refractivity contribution in [3.05, 3.63) is 0 Å². The van der Waals surface area contributed by atoms with Crippen molar-refractivity contribution in [1.82, 2.24) is 10.2 Å². The van der Waals surface area contributed by atoms with Crippen molar-refractivity contribution in [3.8, 4) is 0 Å². The van der Waals surface area contributed by atoms with Crippen molar-refractivity contribution in [3.63, 3.8) is 0 Å². The number of carbonyl (C=O) groups is 2. The molecule has 1 N–H and O–H groups in total. The summed E-state index contributed by atoms with van der Waals surface area (Å²) in [6, 6.07) is 0. The van der Waals surface area contributed by atoms with Gasteiger partial charge in [-0.1, -0.05) is 11.8 Å². The SMILES string of the molecule is CC(C)(C)OC(=O)N[C@]1(C(F)(F)F)N=C2SCCN2C1=O. The number of fused-ring (bicyclic) bond motifs is 1. The number of hydrogen-bond donors (Lipinski definition) is 1. The van der Waals surface area contributed by atoms with Crippen LogP contribution in [0.1, 0.15) is 20.8 Å². The van der Waals surface area contributed by atoms with Gasteiger partial charge in [-0.3, -0.25) is 15.0 Å². The summed E-state index contributed by atoms with van der Waals surface area (Å²) in [5.74, 6) is -0.828. The zero-order valence-electron chi connectivity index (χ0n) is 11.6. The first-order valence-corrected chi connectivity index (χ1v) is 7.07. The van der Waals surface area contributed by atoms with E-state index in [-0.39, 0.29) is 11.7 Å². The summed E-state index contributed by atoms with van der Waals surface area (Å²) in [5.41, 5.74) is -4.28. The molecule has 1 atom stereocenters. The van der Waals surface area contributed by atoms with Crippen molar-refractivity contribution < 1.29 is 27.5 Å². The largest absolute Gasteiger partial charge is 0.444 e. The first-order valence-electron chi connectivity index (χ1n) is 6.09. The predicted molar refractivity (Wildman–Crippen MR) is 69.8 cm³/mol. The minimum absolute atomic E-state index is 0.0339. The topological polar surface area (TPSA) is 71.0 Å². The van der Waals surface area contributed by atoms with Gasteiger partial charge in [0.25, 0.3) is 5.91 Å². The Balaban J connectivity index is 2.31. The van der Waals surface area contributed by atoms with Gasteiger partial charge in [-0.15, -0.1) is 0 Å². The van der Waals surface area contributed by atoms with Crippen LogP contribution >= 0.6 is 11.8 Å². The van der Waals surface area contributed by atoms with Gasteiger partial charge < -0.3 is 4.74 Å². The summed E-state index contributed by atoms with van der Waals surface area (Å²) in [6.45, 7) is 4.64. The van der Waals surface area contributed by atoms with E-state index < -0.39 is 29.4 Å². The van der Waals surface area contributed by atoms with Crippen LogP contribution in [0, 0.1) is 0 Å². The number of halogens is 3. The third-order valence-electron chi connectivity index (χ3n) is 2.69. The number of amidine groups is 1. The Morgan fingerprint density at radius 2 is 2.05 bits per heavy atom. The zero-order valence-corrected chi connectivity index (χ0v) is 12.4. The molecule has 6 nitrogen and oxygen atoms in total. The molecule has 0 aliphatic carbocycles. The first kappa shape index (κ1) is 15.9. The van der Waals surface area contributed by atoms with Gasteiger partial charge in [-0.25, -0.2) is 9.79 Å². The van der Waals surface area contributed by atoms with Crippen LogP contribution in [0.15, 0.2) is 4.99 Å². The van der Waals surface area contributed by atoms with E-state index in [0.29, 0.717) is 5.75 Å². The Labute approximate surface area is 123 Å². The molecule has 2 rings (SSSR count). The maximum Gasteiger partial charge on any atom is 0.442 e. The molecular formula is C11H14F3N3O3S. The molecule has 2 aliphatic heterocycles. The van der Waals surface area contributed by atoms with E-state index in [0.717, 1.165) is 16.7 Å². The van der Waals surface area contributed by atoms with Gasteiger partial charge >= 0.3 is 17.9 Å². The van der Waals surface area contributed by atoms with Crippen LogP contribution in [0.25, 0.3) is 0 Å². The molecule has 0 radical (unpaired) electrons. The smallest absolute Gasteiger partial charge is 0.442 e. The molecule has 0 saturated carbocycles. The first-order chi connectivity index (χ1) is 9.46. The number of nitrogens with one attached hydrogen (secondary N) is 1. The quantitative estimate of drug-likeness (QED) is 0.797. The summed E-state index contributed by atoms with van der Waals surface area (Å²) in [7, 11) is 0. The summed E-state index contributed by atoms with van der Waals surface area (Å²) >= 11 is 1.04. The van der Waals surface area contributed by atoms with Crippen LogP contribution < -0.4 is 5.32 Å². The number of alkyl carbamates (subject to hydrolysis) is 1. The second-order valence-electron chi connectivity index (χ2n) is 5.53. The highest BCUT2D eigenvalue weighted by Gasteiger charge is 2.68. The van der Waals surface area contributed by atoms with Crippen LogP contribution in [-0.2, 0) is 9.53 Å². The van der Waals surface area contributed by atoms with Crippen molar-refractivity contribution in [2.24, 2.45) is 4.99 Å². The van der Waals surface area contributed by atoms with E-state index in [1.54, 1.807) is 5.32 Å². The van der Waals surface area contributed by atoms with Crippen molar-refractivity contribution in [2.75, 3.05) is 12.3 Å². The maximum absolute atomic E-state index is 13.3. The molecule has 1 fully saturated rings. The molecule has 10 heteroatoms. The number of nitrogens with zero attached hydrogens (tertiary/aromatic N) is 2. The molecule has 118 valence electrons. The molecule has 2 heterocycles. The van der Waals surface area contributed by atoms with E-state index in [9.17, 15) is 22.8 Å². The lowest BCUT2D eigenvalue weighted by molar-refractivity contribution is -0.197. The Morgan fingerprint density at radius 1 is 1.43 bits per heavy atom. The molecule has 1 saturated heterocycles. The number of carbonyl (C=O) groups excluding carboxylic acids is 2. The van der Waals surface area contributed by atoms with E-state index in [2.05, 4.69) is 4.99 Å². The maximum atomic E-state index is 13.3. The highest BCUT2D eigenvalue weighted by Crippen LogP contribution is 2.40. The minimum atomic E-state index is -5.06. The average Bonchev–Trinajstić information content (AvgIpc) is 2.78. The molecule has 0 aromatic carbocycles. The summed E-state index contributed by atoms with van der Waals surface area (Å²) < 4.78 is 44.8. The Bertz CT molecular complexity index is 515. The van der Waals surface area contributed by atoms with Gasteiger partial charge in [0.2, 0.25) is 0 Å². The third-order valence-corrected chi connectivity index (χ3v) is 3.64. The molecule has 21 heavy (non-hydrogen) atoms. The highest BCUT2D eigenvalue weighted by molar-refractivity contribution is 8.14. The van der Waals surface area contributed by atoms with E-state index in [1.165, 1.54) is 20.8 Å². The van der Waals surface area contributed by atoms with Crippen molar-refractivity contribution in [1.29, 1.82) is 0 Å². The van der Waals surface area contributed by atoms with Gasteiger partial charge in [0.05, 0.1) is 0 Å². The summed E-state index contributed by atoms with van der Waals surface area (Å²) in [6.07, 6.45) is -6.40. The Kier molecular flexibility index (Phi) is 3.63. The fourth-order valence-electron chi connectivity index (χ4n) is 1.86. The molecule has 2 amide bonds. The molecule has 2 aliphatic rings. The van der Waals surface area contributed by atoms with Crippen molar-refractivity contribution >= 4 is 28.9 Å². The number of aliphatic imine (C=N–C) groups is 1. The average molecular weight is 325 g/mol. The lowest BCUT2D eigenvalue weighted by Gasteiger charge is -2.30. The van der Waals surface area contributed by atoms with Crippen LogP contribution in [-0.4, -0.2) is 51.8 Å². The lowest BCUT2D eigenvalue weighted by Crippen LogP contribution is -2.63. The Morgan fingerprint density at radius 3 is 2.52 bits per heavy atom. The fourth-order valence-corrected chi connectivity index (χ4v) is 2.85. The molecule has 0 aromatic rings. The molecule has 0 unspecified atom stereocenters. The van der Waals surface area contributed by atoms with Crippen LogP contribution in [0.5, 0.6) is 0 Å². The number of ether oxygens (including phenoxy) is 1. The highest BCUT2D eigenvalue weighted by atomic mass is 32.2. The van der Waals surface area contributed by atoms with E-state index >= 15 is 0 Å². The normalized spacial score (nSPS) is 25.7. The third kappa shape index (κ3) is 2.81. The van der Waals surface area contributed by atoms with Crippen molar-refractivity contribution in [2.45, 2.75) is 38.2 Å². The summed E-state index contributed by atoms with van der Waals surface area (Å²) in [4.78, 5) is 28.1. The second-order valence-corrected chi connectivity index (χ2v) is 6.60. The van der Waals surface area contributed by atoms with Crippen LogP contribution in [0.3, 0.4) is 0 Å². The number of hydrogen-bond acceptors (Lipinski definition) is 5. The van der Waals surface area contributed by atoms with Gasteiger partial charge in [0.1, 0.15) is 5.60 Å². The van der Waals surface area contributed by atoms with Crippen LogP contribution in [0.4, 0.5) is 18.0 Å². The standard InChI is InChI=1S/C11H14F3N3O3S/c1-9(2,3)20-8(19)16-10(11(12,13)14)6(18)17-4-5-21-7(17)15-10/h4-5H2,1-3H3,(H,16,19)/t10-/m1/s1. The lowest BCUT2D eigenvalue weighted by atomic mass is 10.1. The van der Waals surface area contributed by atoms with Gasteiger partial charge in [-0.2, -0.15) is 13.2 Å². The predicted octanol–water partition coefficient (Wildman–Crippen LogP) is 1.71. The molecule has 0 aromatic heterocycles. The van der Waals surface area contributed by atoms with Gasteiger partial charge in [0.15, 0.2) is 5.17 Å². The van der Waals surface area contributed by atoms with Gasteiger partial charge in [-0.05, 0) is 20.8 Å². The monoisotopic (exact) mass is 325 g/mol. The minimum Gasteiger partial charge on any atom is -0.444 e.